The van der Waals surface area contributed by atoms with Gasteiger partial charge in [-0.3, -0.25) is 9.59 Å². The van der Waals surface area contributed by atoms with Crippen LogP contribution in [0.4, 0.5) is 11.4 Å². The van der Waals surface area contributed by atoms with Gasteiger partial charge in [-0.1, -0.05) is 42.5 Å². The van der Waals surface area contributed by atoms with Gasteiger partial charge in [-0.15, -0.1) is 11.8 Å². The van der Waals surface area contributed by atoms with Crippen LogP contribution in [0.25, 0.3) is 10.9 Å². The summed E-state index contributed by atoms with van der Waals surface area (Å²) >= 11 is 1.45. The molecule has 5 rings (SSSR count). The predicted octanol–water partition coefficient (Wildman–Crippen LogP) is 4.99. The van der Waals surface area contributed by atoms with E-state index in [2.05, 4.69) is 56.9 Å². The van der Waals surface area contributed by atoms with E-state index in [0.717, 1.165) is 38.3 Å². The van der Waals surface area contributed by atoms with Crippen molar-refractivity contribution in [3.05, 3.63) is 90.1 Å². The van der Waals surface area contributed by atoms with Crippen molar-refractivity contribution in [1.82, 2.24) is 10.3 Å². The lowest BCUT2D eigenvalue weighted by molar-refractivity contribution is -0.124. The summed E-state index contributed by atoms with van der Waals surface area (Å²) < 4.78 is 0. The van der Waals surface area contributed by atoms with Crippen LogP contribution in [0.15, 0.2) is 83.9 Å². The fourth-order valence-corrected chi connectivity index (χ4v) is 5.59. The zero-order chi connectivity index (χ0) is 24.4. The zero-order valence-electron chi connectivity index (χ0n) is 19.7. The maximum Gasteiger partial charge on any atom is 0.238 e. The van der Waals surface area contributed by atoms with Crippen LogP contribution in [0.3, 0.4) is 0 Å². The molecule has 1 aliphatic rings. The molecule has 1 aromatic heterocycles. The second-order valence-electron chi connectivity index (χ2n) is 8.93. The van der Waals surface area contributed by atoms with Crippen molar-refractivity contribution < 1.29 is 9.59 Å². The third-order valence-electron chi connectivity index (χ3n) is 6.39. The van der Waals surface area contributed by atoms with Crippen LogP contribution in [0, 0.1) is 0 Å². The number of nitrogens with one attached hydrogen (secondary N) is 3. The molecule has 178 valence electrons. The van der Waals surface area contributed by atoms with E-state index < -0.39 is 5.25 Å². The van der Waals surface area contributed by atoms with Crippen molar-refractivity contribution in [2.45, 2.75) is 22.5 Å². The van der Waals surface area contributed by atoms with Gasteiger partial charge in [0.1, 0.15) is 0 Å². The van der Waals surface area contributed by atoms with E-state index in [1.807, 2.05) is 56.7 Å². The van der Waals surface area contributed by atoms with Crippen molar-refractivity contribution in [2.75, 3.05) is 30.9 Å². The van der Waals surface area contributed by atoms with Crippen molar-refractivity contribution in [2.24, 2.45) is 0 Å². The molecule has 1 aliphatic heterocycles. The topological polar surface area (TPSA) is 77.2 Å². The number of fused-ring (bicyclic) bond motifs is 2. The molecular weight excluding hydrogens is 456 g/mol. The summed E-state index contributed by atoms with van der Waals surface area (Å²) in [5, 5.41) is 6.71. The molecule has 2 unspecified atom stereocenters. The Balaban J connectivity index is 1.34. The number of anilines is 2. The molecule has 0 fully saturated rings. The number of hydrogen-bond acceptors (Lipinski definition) is 4. The Hall–Kier alpha value is -3.71. The molecule has 0 saturated carbocycles. The number of amides is 2. The van der Waals surface area contributed by atoms with Crippen LogP contribution in [0.2, 0.25) is 0 Å². The number of carbonyl (C=O) groups excluding carboxylic acids is 2. The third-order valence-corrected chi connectivity index (χ3v) is 7.66. The lowest BCUT2D eigenvalue weighted by atomic mass is 9.90. The van der Waals surface area contributed by atoms with Gasteiger partial charge in [0.05, 0.1) is 10.9 Å². The number of carbonyl (C=O) groups is 2. The first kappa shape index (κ1) is 23.1. The SMILES string of the molecule is CN(C)c1ccc(C(CNC(=O)CC2Sc3ccccc3NC2=O)c2c[nH]c3ccccc23)cc1. The van der Waals surface area contributed by atoms with Gasteiger partial charge in [-0.05, 0) is 41.5 Å². The van der Waals surface area contributed by atoms with Gasteiger partial charge in [-0.25, -0.2) is 0 Å². The lowest BCUT2D eigenvalue weighted by Crippen LogP contribution is -2.36. The normalized spacial score (nSPS) is 15.8. The zero-order valence-corrected chi connectivity index (χ0v) is 20.6. The van der Waals surface area contributed by atoms with Crippen LogP contribution >= 0.6 is 11.8 Å². The number of thioether (sulfide) groups is 1. The molecule has 3 N–H and O–H groups in total. The fourth-order valence-electron chi connectivity index (χ4n) is 4.48. The van der Waals surface area contributed by atoms with Crippen LogP contribution in [-0.4, -0.2) is 42.7 Å². The first-order valence-corrected chi connectivity index (χ1v) is 12.5. The summed E-state index contributed by atoms with van der Waals surface area (Å²) in [6.07, 6.45) is 2.16. The van der Waals surface area contributed by atoms with Gasteiger partial charge in [-0.2, -0.15) is 0 Å². The molecular formula is C28H28N4O2S. The standard InChI is InChI=1S/C28H28N4O2S/c1-32(2)19-13-11-18(12-14-19)21(22-17-29-23-8-4-3-7-20(22)23)16-30-27(33)15-26-28(34)31-24-9-5-6-10-25(24)35-26/h3-14,17,21,26,29H,15-16H2,1-2H3,(H,30,33)(H,31,34). The Morgan fingerprint density at radius 3 is 2.57 bits per heavy atom. The van der Waals surface area contributed by atoms with Crippen molar-refractivity contribution >= 4 is 45.9 Å². The number of hydrogen-bond donors (Lipinski definition) is 3. The monoisotopic (exact) mass is 484 g/mol. The van der Waals surface area contributed by atoms with Crippen LogP contribution in [-0.2, 0) is 9.59 Å². The second kappa shape index (κ2) is 9.88. The van der Waals surface area contributed by atoms with Gasteiger partial charge in [0.2, 0.25) is 11.8 Å². The Labute approximate surface area is 209 Å². The minimum absolute atomic E-state index is 0.0279. The van der Waals surface area contributed by atoms with Crippen LogP contribution in [0.1, 0.15) is 23.5 Å². The average molecular weight is 485 g/mol. The van der Waals surface area contributed by atoms with Gasteiger partial charge in [0.25, 0.3) is 0 Å². The first-order valence-electron chi connectivity index (χ1n) is 11.7. The van der Waals surface area contributed by atoms with Gasteiger partial charge < -0.3 is 20.5 Å². The van der Waals surface area contributed by atoms with E-state index in [4.69, 9.17) is 0 Å². The van der Waals surface area contributed by atoms with E-state index in [9.17, 15) is 9.59 Å². The average Bonchev–Trinajstić information content (AvgIpc) is 3.29. The quantitative estimate of drug-likeness (QED) is 0.346. The molecule has 0 saturated heterocycles. The molecule has 0 bridgehead atoms. The largest absolute Gasteiger partial charge is 0.378 e. The summed E-state index contributed by atoms with van der Waals surface area (Å²) in [4.78, 5) is 31.9. The summed E-state index contributed by atoms with van der Waals surface area (Å²) in [6.45, 7) is 0.442. The van der Waals surface area contributed by atoms with E-state index >= 15 is 0 Å². The molecule has 4 aromatic rings. The van der Waals surface area contributed by atoms with Crippen molar-refractivity contribution in [3.63, 3.8) is 0 Å². The number of benzene rings is 3. The van der Waals surface area contributed by atoms with Crippen LogP contribution in [0.5, 0.6) is 0 Å². The fraction of sp³-hybridized carbons (Fsp3) is 0.214. The highest BCUT2D eigenvalue weighted by Gasteiger charge is 2.29. The molecule has 7 heteroatoms. The number of aromatic amines is 1. The highest BCUT2D eigenvalue weighted by molar-refractivity contribution is 8.01. The van der Waals surface area contributed by atoms with Gasteiger partial charge in [0, 0.05) is 60.7 Å². The Bertz CT molecular complexity index is 1360. The number of nitrogens with zero attached hydrogens (tertiary/aromatic N) is 1. The first-order chi connectivity index (χ1) is 17.0. The third kappa shape index (κ3) is 4.91. The summed E-state index contributed by atoms with van der Waals surface area (Å²) in [7, 11) is 4.04. The molecule has 0 aliphatic carbocycles. The Morgan fingerprint density at radius 2 is 1.77 bits per heavy atom. The molecule has 3 aromatic carbocycles. The highest BCUT2D eigenvalue weighted by Crippen LogP contribution is 2.37. The lowest BCUT2D eigenvalue weighted by Gasteiger charge is -2.24. The van der Waals surface area contributed by atoms with Gasteiger partial charge >= 0.3 is 0 Å². The van der Waals surface area contributed by atoms with E-state index in [-0.39, 0.29) is 24.2 Å². The minimum atomic E-state index is -0.448. The number of H-pyrrole nitrogens is 1. The summed E-state index contributed by atoms with van der Waals surface area (Å²) in [5.41, 5.74) is 5.25. The van der Waals surface area contributed by atoms with Crippen molar-refractivity contribution in [1.29, 1.82) is 0 Å². The maximum atomic E-state index is 13.0. The predicted molar refractivity (Wildman–Crippen MR) is 143 cm³/mol. The molecule has 2 amide bonds. The number of aromatic nitrogens is 1. The van der Waals surface area contributed by atoms with Gasteiger partial charge in [0.15, 0.2) is 0 Å². The highest BCUT2D eigenvalue weighted by atomic mass is 32.2. The summed E-state index contributed by atoms with van der Waals surface area (Å²) in [5.74, 6) is -0.289. The van der Waals surface area contributed by atoms with E-state index in [1.54, 1.807) is 0 Å². The maximum absolute atomic E-state index is 13.0. The molecule has 35 heavy (non-hydrogen) atoms. The Kier molecular flexibility index (Phi) is 6.51. The molecule has 6 nitrogen and oxygen atoms in total. The smallest absolute Gasteiger partial charge is 0.238 e. The van der Waals surface area contributed by atoms with Crippen molar-refractivity contribution in [3.8, 4) is 0 Å². The molecule has 0 spiro atoms. The minimum Gasteiger partial charge on any atom is -0.378 e. The van der Waals surface area contributed by atoms with Crippen LogP contribution < -0.4 is 15.5 Å². The summed E-state index contributed by atoms with van der Waals surface area (Å²) in [6, 6.07) is 24.3. The van der Waals surface area contributed by atoms with E-state index in [1.165, 1.54) is 11.8 Å². The number of para-hydroxylation sites is 2. The second-order valence-corrected chi connectivity index (χ2v) is 10.2. The number of rotatable bonds is 7. The van der Waals surface area contributed by atoms with E-state index in [0.29, 0.717) is 6.54 Å². The Morgan fingerprint density at radius 1 is 1.03 bits per heavy atom. The molecule has 0 radical (unpaired) electrons. The molecule has 2 heterocycles. The molecule has 2 atom stereocenters.